The molecule has 3 N–H and O–H groups in total. The van der Waals surface area contributed by atoms with Crippen molar-refractivity contribution in [1.29, 1.82) is 0 Å². The molecule has 9 heteroatoms. The lowest BCUT2D eigenvalue weighted by molar-refractivity contribution is -0.119. The predicted octanol–water partition coefficient (Wildman–Crippen LogP) is 2.03. The quantitative estimate of drug-likeness (QED) is 0.698. The molecule has 2 heterocycles. The summed E-state index contributed by atoms with van der Waals surface area (Å²) in [4.78, 5) is 38.5. The predicted molar refractivity (Wildman–Crippen MR) is 107 cm³/mol. The summed E-state index contributed by atoms with van der Waals surface area (Å²) in [7, 11) is 0. The Bertz CT molecular complexity index is 1150. The number of hydrogen-bond donors (Lipinski definition) is 2. The molecule has 0 spiro atoms. The van der Waals surface area contributed by atoms with Gasteiger partial charge in [0.1, 0.15) is 16.6 Å². The average molecular weight is 397 g/mol. The van der Waals surface area contributed by atoms with Crippen LogP contribution in [0.5, 0.6) is 0 Å². The maximum Gasteiger partial charge on any atom is 0.278 e. The Morgan fingerprint density at radius 1 is 1.25 bits per heavy atom. The highest BCUT2D eigenvalue weighted by Gasteiger charge is 2.27. The minimum atomic E-state index is -0.899. The fourth-order valence-electron chi connectivity index (χ4n) is 3.50. The second kappa shape index (κ2) is 7.16. The van der Waals surface area contributed by atoms with Crippen LogP contribution in [0.4, 0.5) is 5.00 Å². The second-order valence-corrected chi connectivity index (χ2v) is 7.91. The van der Waals surface area contributed by atoms with Gasteiger partial charge in [-0.05, 0) is 50.3 Å². The van der Waals surface area contributed by atoms with Crippen LogP contribution in [0.1, 0.15) is 46.6 Å². The van der Waals surface area contributed by atoms with E-state index in [1.165, 1.54) is 11.3 Å². The zero-order valence-electron chi connectivity index (χ0n) is 15.3. The molecular formula is C19H19N5O3S. The molecule has 1 atom stereocenters. The first-order chi connectivity index (χ1) is 13.5. The number of anilines is 1. The molecule has 1 aliphatic rings. The van der Waals surface area contributed by atoms with E-state index in [9.17, 15) is 14.4 Å². The highest BCUT2D eigenvalue weighted by atomic mass is 32.1. The minimum absolute atomic E-state index is 0.386. The van der Waals surface area contributed by atoms with Gasteiger partial charge in [0.25, 0.3) is 11.5 Å². The SMILES string of the molecule is CC(C(=O)Nc1sc2c(c1C(N)=O)CCCC2)n1nnc2ccccc2c1=O. The standard InChI is InChI=1S/C19H19N5O3S/c1-10(24-19(27)11-6-2-4-8-13(11)22-23-24)17(26)21-18-15(16(20)25)12-7-3-5-9-14(12)28-18/h2,4,6,8,10H,3,5,7,9H2,1H3,(H2,20,25)(H,21,26). The van der Waals surface area contributed by atoms with Gasteiger partial charge in [-0.2, -0.15) is 4.68 Å². The van der Waals surface area contributed by atoms with E-state index >= 15 is 0 Å². The summed E-state index contributed by atoms with van der Waals surface area (Å²) in [6.45, 7) is 1.57. The van der Waals surface area contributed by atoms with Gasteiger partial charge in [-0.3, -0.25) is 14.4 Å². The van der Waals surface area contributed by atoms with Crippen LogP contribution in [0.3, 0.4) is 0 Å². The second-order valence-electron chi connectivity index (χ2n) is 6.80. The molecule has 144 valence electrons. The smallest absolute Gasteiger partial charge is 0.278 e. The van der Waals surface area contributed by atoms with Gasteiger partial charge in [0, 0.05) is 4.88 Å². The third kappa shape index (κ3) is 3.07. The van der Waals surface area contributed by atoms with Crippen LogP contribution in [0.25, 0.3) is 10.9 Å². The van der Waals surface area contributed by atoms with E-state index < -0.39 is 23.4 Å². The van der Waals surface area contributed by atoms with Gasteiger partial charge in [0.05, 0.1) is 10.9 Å². The van der Waals surface area contributed by atoms with Gasteiger partial charge >= 0.3 is 0 Å². The van der Waals surface area contributed by atoms with Crippen LogP contribution in [-0.2, 0) is 17.6 Å². The molecule has 0 saturated carbocycles. The van der Waals surface area contributed by atoms with E-state index in [-0.39, 0.29) is 0 Å². The number of amides is 2. The molecule has 0 bridgehead atoms. The molecule has 4 rings (SSSR count). The summed E-state index contributed by atoms with van der Waals surface area (Å²) in [5.74, 6) is -1.00. The first-order valence-corrected chi connectivity index (χ1v) is 9.88. The molecule has 8 nitrogen and oxygen atoms in total. The van der Waals surface area contributed by atoms with Crippen molar-refractivity contribution < 1.29 is 9.59 Å². The van der Waals surface area contributed by atoms with Gasteiger partial charge in [-0.25, -0.2) is 0 Å². The van der Waals surface area contributed by atoms with Gasteiger partial charge in [0.2, 0.25) is 5.91 Å². The summed E-state index contributed by atoms with van der Waals surface area (Å²) in [5, 5.41) is 11.5. The van der Waals surface area contributed by atoms with Gasteiger partial charge in [-0.15, -0.1) is 16.4 Å². The topological polar surface area (TPSA) is 120 Å². The molecule has 0 radical (unpaired) electrons. The summed E-state index contributed by atoms with van der Waals surface area (Å²) in [6.07, 6.45) is 3.71. The molecule has 3 aromatic rings. The number of carbonyl (C=O) groups is 2. The van der Waals surface area contributed by atoms with E-state index in [0.717, 1.165) is 40.8 Å². The third-order valence-corrected chi connectivity index (χ3v) is 6.20. The van der Waals surface area contributed by atoms with Crippen molar-refractivity contribution in [2.45, 2.75) is 38.6 Å². The molecular weight excluding hydrogens is 378 g/mol. The zero-order chi connectivity index (χ0) is 19.8. The van der Waals surface area contributed by atoms with Crippen LogP contribution < -0.4 is 16.6 Å². The Morgan fingerprint density at radius 2 is 2.00 bits per heavy atom. The molecule has 0 saturated heterocycles. The maximum atomic E-state index is 12.8. The molecule has 2 amide bonds. The highest BCUT2D eigenvalue weighted by Crippen LogP contribution is 2.38. The van der Waals surface area contributed by atoms with Crippen LogP contribution in [0.15, 0.2) is 29.1 Å². The van der Waals surface area contributed by atoms with E-state index in [1.807, 2.05) is 0 Å². The summed E-state index contributed by atoms with van der Waals surface area (Å²) in [5.41, 5.74) is 6.97. The zero-order valence-corrected chi connectivity index (χ0v) is 16.1. The number of primary amides is 1. The van der Waals surface area contributed by atoms with Crippen molar-refractivity contribution in [1.82, 2.24) is 15.0 Å². The molecule has 2 aromatic heterocycles. The highest BCUT2D eigenvalue weighted by molar-refractivity contribution is 7.17. The Balaban J connectivity index is 1.66. The van der Waals surface area contributed by atoms with Crippen LogP contribution in [0, 0.1) is 0 Å². The number of benzene rings is 1. The first kappa shape index (κ1) is 18.3. The molecule has 1 aliphatic carbocycles. The number of nitrogens with one attached hydrogen (secondary N) is 1. The number of rotatable bonds is 4. The van der Waals surface area contributed by atoms with E-state index in [4.69, 9.17) is 5.73 Å². The van der Waals surface area contributed by atoms with E-state index in [0.29, 0.717) is 21.5 Å². The van der Waals surface area contributed by atoms with Gasteiger partial charge in [-0.1, -0.05) is 17.3 Å². The third-order valence-electron chi connectivity index (χ3n) is 4.99. The monoisotopic (exact) mass is 397 g/mol. The Kier molecular flexibility index (Phi) is 4.68. The number of aromatic nitrogens is 3. The lowest BCUT2D eigenvalue weighted by Gasteiger charge is -2.14. The Labute approximate surface area is 164 Å². The summed E-state index contributed by atoms with van der Waals surface area (Å²) in [6, 6.07) is 5.93. The number of aryl methyl sites for hydroxylation is 1. The van der Waals surface area contributed by atoms with Crippen molar-refractivity contribution in [3.63, 3.8) is 0 Å². The number of nitrogens with zero attached hydrogens (tertiary/aromatic N) is 3. The van der Waals surface area contributed by atoms with Crippen molar-refractivity contribution >= 4 is 39.1 Å². The van der Waals surface area contributed by atoms with E-state index in [2.05, 4.69) is 15.6 Å². The lowest BCUT2D eigenvalue weighted by Crippen LogP contribution is -2.34. The van der Waals surface area contributed by atoms with Crippen molar-refractivity contribution in [3.05, 3.63) is 50.6 Å². The maximum absolute atomic E-state index is 12.8. The number of carbonyl (C=O) groups excluding carboxylic acids is 2. The average Bonchev–Trinajstić information content (AvgIpc) is 3.06. The molecule has 1 aromatic carbocycles. The minimum Gasteiger partial charge on any atom is -0.365 e. The number of thiophene rings is 1. The van der Waals surface area contributed by atoms with Gasteiger partial charge in [0.15, 0.2) is 0 Å². The summed E-state index contributed by atoms with van der Waals surface area (Å²) >= 11 is 1.38. The largest absolute Gasteiger partial charge is 0.365 e. The van der Waals surface area contributed by atoms with Crippen molar-refractivity contribution in [2.24, 2.45) is 5.73 Å². The number of nitrogens with two attached hydrogens (primary N) is 1. The number of fused-ring (bicyclic) bond motifs is 2. The summed E-state index contributed by atoms with van der Waals surface area (Å²) < 4.78 is 1.05. The molecule has 28 heavy (non-hydrogen) atoms. The Hall–Kier alpha value is -3.07. The normalized spacial score (nSPS) is 14.5. The van der Waals surface area contributed by atoms with Crippen molar-refractivity contribution in [2.75, 3.05) is 5.32 Å². The lowest BCUT2D eigenvalue weighted by atomic mass is 9.95. The van der Waals surface area contributed by atoms with E-state index in [1.54, 1.807) is 31.2 Å². The molecule has 0 fully saturated rings. The first-order valence-electron chi connectivity index (χ1n) is 9.07. The fourth-order valence-corrected chi connectivity index (χ4v) is 4.80. The Morgan fingerprint density at radius 3 is 2.79 bits per heavy atom. The molecule has 0 aliphatic heterocycles. The molecule has 1 unspecified atom stereocenters. The van der Waals surface area contributed by atoms with Gasteiger partial charge < -0.3 is 11.1 Å². The van der Waals surface area contributed by atoms with Crippen LogP contribution in [0.2, 0.25) is 0 Å². The van der Waals surface area contributed by atoms with Crippen molar-refractivity contribution in [3.8, 4) is 0 Å². The van der Waals surface area contributed by atoms with Crippen LogP contribution in [-0.4, -0.2) is 26.8 Å². The van der Waals surface area contributed by atoms with Crippen LogP contribution >= 0.6 is 11.3 Å². The number of hydrogen-bond acceptors (Lipinski definition) is 6. The fraction of sp³-hybridized carbons (Fsp3) is 0.316.